The van der Waals surface area contributed by atoms with Gasteiger partial charge in [-0.2, -0.15) is 0 Å². The Kier molecular flexibility index (Phi) is 2.32. The molecule has 1 aromatic carbocycles. The van der Waals surface area contributed by atoms with E-state index >= 15 is 0 Å². The Balaban J connectivity index is 2.66. The zero-order chi connectivity index (χ0) is 9.26. The molecule has 0 radical (unpaired) electrons. The number of nitrogens with zero attached hydrogens (tertiary/aromatic N) is 1. The smallest absolute Gasteiger partial charge is 0.0705 e. The Morgan fingerprint density at radius 3 is 2.85 bits per heavy atom. The first-order valence-corrected chi connectivity index (χ1v) is 5.34. The summed E-state index contributed by atoms with van der Waals surface area (Å²) in [4.78, 5) is 4.49. The van der Waals surface area contributed by atoms with Crippen molar-refractivity contribution in [3.05, 3.63) is 41.6 Å². The van der Waals surface area contributed by atoms with Gasteiger partial charge in [-0.3, -0.25) is 4.98 Å². The Morgan fingerprint density at radius 2 is 2.08 bits per heavy atom. The van der Waals surface area contributed by atoms with Crippen molar-refractivity contribution in [1.29, 1.82) is 0 Å². The molecule has 0 fully saturated rings. The van der Waals surface area contributed by atoms with Crippen LogP contribution in [0.15, 0.2) is 30.3 Å². The highest BCUT2D eigenvalue weighted by Gasteiger charge is 1.96. The molecule has 0 unspecified atom stereocenters. The number of rotatable bonds is 1. The first kappa shape index (κ1) is 8.70. The van der Waals surface area contributed by atoms with Crippen LogP contribution < -0.4 is 0 Å². The summed E-state index contributed by atoms with van der Waals surface area (Å²) in [6.45, 7) is 2.10. The van der Waals surface area contributed by atoms with Crippen molar-refractivity contribution in [3.8, 4) is 0 Å². The van der Waals surface area contributed by atoms with Gasteiger partial charge in [0.1, 0.15) is 0 Å². The molecule has 0 saturated heterocycles. The lowest BCUT2D eigenvalue weighted by atomic mass is 10.1. The molecular weight excluding hydrogens is 226 g/mol. The second-order valence-corrected chi connectivity index (χ2v) is 3.69. The number of aromatic nitrogens is 1. The fourth-order valence-electron chi connectivity index (χ4n) is 1.36. The lowest BCUT2D eigenvalue weighted by Gasteiger charge is -2.00. The molecule has 0 N–H and O–H groups in total. The predicted molar refractivity (Wildman–Crippen MR) is 59.1 cm³/mol. The molecule has 2 aromatic rings. The number of fused-ring (bicyclic) bond motifs is 1. The lowest BCUT2D eigenvalue weighted by molar-refractivity contribution is 1.23. The van der Waals surface area contributed by atoms with Gasteiger partial charge < -0.3 is 0 Å². The van der Waals surface area contributed by atoms with Crippen LogP contribution in [-0.2, 0) is 5.33 Å². The number of alkyl halides is 1. The average molecular weight is 236 g/mol. The molecule has 13 heavy (non-hydrogen) atoms. The summed E-state index contributed by atoms with van der Waals surface area (Å²) in [7, 11) is 0. The first-order valence-electron chi connectivity index (χ1n) is 4.22. The van der Waals surface area contributed by atoms with E-state index in [9.17, 15) is 0 Å². The zero-order valence-electron chi connectivity index (χ0n) is 7.42. The molecule has 0 aliphatic heterocycles. The van der Waals surface area contributed by atoms with Gasteiger partial charge in [0.05, 0.1) is 11.2 Å². The van der Waals surface area contributed by atoms with E-state index in [1.54, 1.807) is 0 Å². The normalized spacial score (nSPS) is 10.6. The Hall–Kier alpha value is -0.890. The molecule has 0 aliphatic rings. The van der Waals surface area contributed by atoms with Crippen LogP contribution >= 0.6 is 15.9 Å². The summed E-state index contributed by atoms with van der Waals surface area (Å²) < 4.78 is 0. The van der Waals surface area contributed by atoms with Gasteiger partial charge in [0.25, 0.3) is 0 Å². The van der Waals surface area contributed by atoms with E-state index < -0.39 is 0 Å². The number of hydrogen-bond acceptors (Lipinski definition) is 1. The van der Waals surface area contributed by atoms with Gasteiger partial charge in [0, 0.05) is 10.7 Å². The minimum Gasteiger partial charge on any atom is -0.252 e. The predicted octanol–water partition coefficient (Wildman–Crippen LogP) is 3.44. The van der Waals surface area contributed by atoms with E-state index in [-0.39, 0.29) is 0 Å². The van der Waals surface area contributed by atoms with E-state index in [0.29, 0.717) is 0 Å². The molecule has 1 aromatic heterocycles. The molecule has 1 heterocycles. The second-order valence-electron chi connectivity index (χ2n) is 3.13. The summed E-state index contributed by atoms with van der Waals surface area (Å²) in [5, 5.41) is 2.03. The third-order valence-corrected chi connectivity index (χ3v) is 2.61. The van der Waals surface area contributed by atoms with Gasteiger partial charge in [-0.15, -0.1) is 0 Å². The van der Waals surface area contributed by atoms with Crippen molar-refractivity contribution in [2.75, 3.05) is 0 Å². The summed E-state index contributed by atoms with van der Waals surface area (Å²) in [6, 6.07) is 10.5. The summed E-state index contributed by atoms with van der Waals surface area (Å²) in [6.07, 6.45) is 0. The van der Waals surface area contributed by atoms with Crippen molar-refractivity contribution in [2.45, 2.75) is 12.3 Å². The number of hydrogen-bond donors (Lipinski definition) is 0. The molecule has 0 atom stereocenters. The van der Waals surface area contributed by atoms with Gasteiger partial charge in [-0.05, 0) is 25.1 Å². The number of aryl methyl sites for hydroxylation is 1. The highest BCUT2D eigenvalue weighted by molar-refractivity contribution is 9.08. The third-order valence-electron chi connectivity index (χ3n) is 2.04. The minimum atomic E-state index is 0.816. The van der Waals surface area contributed by atoms with Crippen molar-refractivity contribution >= 4 is 26.8 Å². The topological polar surface area (TPSA) is 12.9 Å². The second kappa shape index (κ2) is 3.46. The van der Waals surface area contributed by atoms with E-state index in [2.05, 4.69) is 58.2 Å². The molecule has 2 heteroatoms. The molecule has 66 valence electrons. The van der Waals surface area contributed by atoms with Gasteiger partial charge in [-0.1, -0.05) is 33.6 Å². The van der Waals surface area contributed by atoms with Gasteiger partial charge in [0.15, 0.2) is 0 Å². The van der Waals surface area contributed by atoms with Crippen molar-refractivity contribution in [2.24, 2.45) is 0 Å². The van der Waals surface area contributed by atoms with Crippen LogP contribution in [0.5, 0.6) is 0 Å². The first-order chi connectivity index (χ1) is 6.29. The van der Waals surface area contributed by atoms with E-state index in [1.807, 2.05) is 0 Å². The molecule has 2 rings (SSSR count). The quantitative estimate of drug-likeness (QED) is 0.691. The SMILES string of the molecule is Cc1ccc2nc(CBr)ccc2c1. The fraction of sp³-hybridized carbons (Fsp3) is 0.182. The van der Waals surface area contributed by atoms with Gasteiger partial charge in [0.2, 0.25) is 0 Å². The lowest BCUT2D eigenvalue weighted by Crippen LogP contribution is -1.86. The molecule has 1 nitrogen and oxygen atoms in total. The van der Waals surface area contributed by atoms with Crippen LogP contribution in [-0.4, -0.2) is 4.98 Å². The highest BCUT2D eigenvalue weighted by Crippen LogP contribution is 2.15. The van der Waals surface area contributed by atoms with Crippen LogP contribution in [0.25, 0.3) is 10.9 Å². The fourth-order valence-corrected chi connectivity index (χ4v) is 1.67. The maximum atomic E-state index is 4.49. The monoisotopic (exact) mass is 235 g/mol. The molecular formula is C11H10BrN. The number of benzene rings is 1. The van der Waals surface area contributed by atoms with E-state index in [0.717, 1.165) is 16.5 Å². The van der Waals surface area contributed by atoms with Crippen LogP contribution in [0, 0.1) is 6.92 Å². The van der Waals surface area contributed by atoms with Crippen LogP contribution in [0.2, 0.25) is 0 Å². The van der Waals surface area contributed by atoms with Gasteiger partial charge in [-0.25, -0.2) is 0 Å². The Bertz CT molecular complexity index is 437. The summed E-state index contributed by atoms with van der Waals surface area (Å²) in [5.41, 5.74) is 3.43. The van der Waals surface area contributed by atoms with Crippen LogP contribution in [0.3, 0.4) is 0 Å². The Morgan fingerprint density at radius 1 is 1.23 bits per heavy atom. The molecule has 0 aliphatic carbocycles. The van der Waals surface area contributed by atoms with Gasteiger partial charge >= 0.3 is 0 Å². The van der Waals surface area contributed by atoms with E-state index in [4.69, 9.17) is 0 Å². The average Bonchev–Trinajstić information content (AvgIpc) is 2.17. The number of halogens is 1. The summed E-state index contributed by atoms with van der Waals surface area (Å²) in [5.74, 6) is 0. The molecule has 0 bridgehead atoms. The zero-order valence-corrected chi connectivity index (χ0v) is 9.01. The maximum Gasteiger partial charge on any atom is 0.0705 e. The Labute approximate surface area is 85.9 Å². The van der Waals surface area contributed by atoms with E-state index in [1.165, 1.54) is 10.9 Å². The van der Waals surface area contributed by atoms with Crippen LogP contribution in [0.1, 0.15) is 11.3 Å². The molecule has 0 saturated carbocycles. The number of pyridine rings is 1. The third kappa shape index (κ3) is 1.73. The van der Waals surface area contributed by atoms with Crippen molar-refractivity contribution in [3.63, 3.8) is 0 Å². The largest absolute Gasteiger partial charge is 0.252 e. The van der Waals surface area contributed by atoms with Crippen molar-refractivity contribution in [1.82, 2.24) is 4.98 Å². The molecule has 0 spiro atoms. The highest BCUT2D eigenvalue weighted by atomic mass is 79.9. The minimum absolute atomic E-state index is 0.816. The maximum absolute atomic E-state index is 4.49. The van der Waals surface area contributed by atoms with Crippen LogP contribution in [0.4, 0.5) is 0 Å². The van der Waals surface area contributed by atoms with Crippen molar-refractivity contribution < 1.29 is 0 Å². The summed E-state index contributed by atoms with van der Waals surface area (Å²) >= 11 is 3.40. The standard InChI is InChI=1S/C11H10BrN/c1-8-2-5-11-9(6-8)3-4-10(7-12)13-11/h2-6H,7H2,1H3. The molecule has 0 amide bonds.